The first-order valence-corrected chi connectivity index (χ1v) is 5.94. The predicted molar refractivity (Wildman–Crippen MR) is 66.7 cm³/mol. The van der Waals surface area contributed by atoms with Crippen molar-refractivity contribution in [3.8, 4) is 0 Å². The Bertz CT molecular complexity index is 470. The Morgan fingerprint density at radius 2 is 2.24 bits per heavy atom. The number of hydrogen-bond donors (Lipinski definition) is 1. The summed E-state index contributed by atoms with van der Waals surface area (Å²) in [5.74, 6) is 0.992. The lowest BCUT2D eigenvalue weighted by Gasteiger charge is -2.07. The van der Waals surface area contributed by atoms with E-state index in [0.29, 0.717) is 6.04 Å². The lowest BCUT2D eigenvalue weighted by molar-refractivity contribution is 0.458. The van der Waals surface area contributed by atoms with Crippen LogP contribution in [0.5, 0.6) is 0 Å². The number of furan rings is 1. The molecule has 0 radical (unpaired) electrons. The summed E-state index contributed by atoms with van der Waals surface area (Å²) in [6.07, 6.45) is 3.73. The minimum atomic E-state index is 0.458. The summed E-state index contributed by atoms with van der Waals surface area (Å²) in [4.78, 5) is 0. The largest absolute Gasteiger partial charge is 0.468 e. The van der Waals surface area contributed by atoms with Crippen LogP contribution in [0.15, 0.2) is 29.0 Å². The van der Waals surface area contributed by atoms with Crippen LogP contribution in [0, 0.1) is 6.92 Å². The number of nitrogens with zero attached hydrogens (tertiary/aromatic N) is 2. The molecule has 2 rings (SSSR count). The van der Waals surface area contributed by atoms with Gasteiger partial charge in [-0.25, -0.2) is 0 Å². The molecule has 2 aromatic rings. The molecule has 0 aromatic carbocycles. The van der Waals surface area contributed by atoms with Crippen LogP contribution < -0.4 is 5.32 Å². The van der Waals surface area contributed by atoms with E-state index in [9.17, 15) is 0 Å². The van der Waals surface area contributed by atoms with Crippen molar-refractivity contribution in [2.24, 2.45) is 0 Å². The maximum atomic E-state index is 5.49. The van der Waals surface area contributed by atoms with Gasteiger partial charge in [-0.15, -0.1) is 0 Å². The zero-order chi connectivity index (χ0) is 12.3. The van der Waals surface area contributed by atoms with E-state index in [1.165, 1.54) is 5.56 Å². The fraction of sp³-hybridized carbons (Fsp3) is 0.462. The average molecular weight is 233 g/mol. The minimum Gasteiger partial charge on any atom is -0.468 e. The maximum absolute atomic E-state index is 5.49. The van der Waals surface area contributed by atoms with E-state index in [1.807, 2.05) is 29.9 Å². The molecule has 0 bridgehead atoms. The zero-order valence-electron chi connectivity index (χ0n) is 10.6. The van der Waals surface area contributed by atoms with Crippen molar-refractivity contribution < 1.29 is 4.42 Å². The number of nitrogens with one attached hydrogen (secondary N) is 1. The lowest BCUT2D eigenvalue weighted by Crippen LogP contribution is -2.22. The molecule has 0 saturated heterocycles. The van der Waals surface area contributed by atoms with E-state index in [4.69, 9.17) is 4.42 Å². The van der Waals surface area contributed by atoms with E-state index in [-0.39, 0.29) is 0 Å². The molecule has 0 spiro atoms. The minimum absolute atomic E-state index is 0.458. The third kappa shape index (κ3) is 3.20. The Balaban J connectivity index is 2.03. The van der Waals surface area contributed by atoms with Crippen molar-refractivity contribution in [1.82, 2.24) is 15.1 Å². The normalized spacial score (nSPS) is 11.3. The van der Waals surface area contributed by atoms with Gasteiger partial charge in [0.1, 0.15) is 5.76 Å². The highest BCUT2D eigenvalue weighted by Gasteiger charge is 2.07. The van der Waals surface area contributed by atoms with Gasteiger partial charge < -0.3 is 9.73 Å². The topological polar surface area (TPSA) is 43.0 Å². The second kappa shape index (κ2) is 5.19. The van der Waals surface area contributed by atoms with E-state index < -0.39 is 0 Å². The van der Waals surface area contributed by atoms with Crippen LogP contribution in [0.1, 0.15) is 30.9 Å². The second-order valence-electron chi connectivity index (χ2n) is 4.56. The first-order chi connectivity index (χ1) is 8.15. The molecule has 0 amide bonds. The molecule has 2 heterocycles. The summed E-state index contributed by atoms with van der Waals surface area (Å²) in [6, 6.07) is 4.47. The van der Waals surface area contributed by atoms with Gasteiger partial charge in [0.2, 0.25) is 0 Å². The second-order valence-corrected chi connectivity index (χ2v) is 4.56. The molecule has 2 aromatic heterocycles. The third-order valence-corrected chi connectivity index (χ3v) is 2.61. The Morgan fingerprint density at radius 1 is 1.41 bits per heavy atom. The summed E-state index contributed by atoms with van der Waals surface area (Å²) < 4.78 is 7.42. The SMILES string of the molecule is Cc1ccn(Cc2ccoc2CNC(C)C)n1. The third-order valence-electron chi connectivity index (χ3n) is 2.61. The van der Waals surface area contributed by atoms with Crippen LogP contribution in [0.25, 0.3) is 0 Å². The Labute approximate surface area is 102 Å². The van der Waals surface area contributed by atoms with Gasteiger partial charge in [-0.3, -0.25) is 4.68 Å². The molecule has 0 saturated carbocycles. The van der Waals surface area contributed by atoms with Gasteiger partial charge in [-0.05, 0) is 19.1 Å². The van der Waals surface area contributed by atoms with Gasteiger partial charge in [-0.2, -0.15) is 5.10 Å². The molecule has 0 atom stereocenters. The number of hydrogen-bond acceptors (Lipinski definition) is 3. The summed E-state index contributed by atoms with van der Waals surface area (Å²) >= 11 is 0. The van der Waals surface area contributed by atoms with Crippen LogP contribution in [0.3, 0.4) is 0 Å². The highest BCUT2D eigenvalue weighted by molar-refractivity contribution is 5.17. The van der Waals surface area contributed by atoms with Crippen molar-refractivity contribution in [3.05, 3.63) is 41.6 Å². The van der Waals surface area contributed by atoms with Crippen LogP contribution >= 0.6 is 0 Å². The molecule has 92 valence electrons. The molecule has 17 heavy (non-hydrogen) atoms. The smallest absolute Gasteiger partial charge is 0.122 e. The average Bonchev–Trinajstić information content (AvgIpc) is 2.86. The highest BCUT2D eigenvalue weighted by Crippen LogP contribution is 2.12. The molecular weight excluding hydrogens is 214 g/mol. The van der Waals surface area contributed by atoms with Crippen molar-refractivity contribution in [3.63, 3.8) is 0 Å². The molecule has 0 aliphatic rings. The van der Waals surface area contributed by atoms with Crippen molar-refractivity contribution in [2.75, 3.05) is 0 Å². The summed E-state index contributed by atoms with van der Waals surface area (Å²) in [5.41, 5.74) is 2.22. The zero-order valence-corrected chi connectivity index (χ0v) is 10.6. The van der Waals surface area contributed by atoms with E-state index in [1.54, 1.807) is 6.26 Å². The fourth-order valence-electron chi connectivity index (χ4n) is 1.69. The highest BCUT2D eigenvalue weighted by atomic mass is 16.3. The van der Waals surface area contributed by atoms with Gasteiger partial charge in [0.15, 0.2) is 0 Å². The molecule has 4 heteroatoms. The quantitative estimate of drug-likeness (QED) is 0.862. The Hall–Kier alpha value is -1.55. The van der Waals surface area contributed by atoms with Gasteiger partial charge in [-0.1, -0.05) is 13.8 Å². The molecule has 4 nitrogen and oxygen atoms in total. The Kier molecular flexibility index (Phi) is 3.64. The summed E-state index contributed by atoms with van der Waals surface area (Å²) in [6.45, 7) is 7.77. The van der Waals surface area contributed by atoms with Crippen molar-refractivity contribution in [2.45, 2.75) is 39.9 Å². The van der Waals surface area contributed by atoms with Gasteiger partial charge in [0.25, 0.3) is 0 Å². The Morgan fingerprint density at radius 3 is 2.88 bits per heavy atom. The number of aryl methyl sites for hydroxylation is 1. The van der Waals surface area contributed by atoms with E-state index in [0.717, 1.165) is 24.5 Å². The van der Waals surface area contributed by atoms with Crippen LogP contribution in [-0.4, -0.2) is 15.8 Å². The lowest BCUT2D eigenvalue weighted by atomic mass is 10.2. The predicted octanol–water partition coefficient (Wildman–Crippen LogP) is 2.33. The maximum Gasteiger partial charge on any atom is 0.122 e. The summed E-state index contributed by atoms with van der Waals surface area (Å²) in [7, 11) is 0. The first kappa shape index (κ1) is 11.9. The van der Waals surface area contributed by atoms with Gasteiger partial charge in [0.05, 0.1) is 25.0 Å². The van der Waals surface area contributed by atoms with E-state index >= 15 is 0 Å². The molecule has 0 aliphatic carbocycles. The first-order valence-electron chi connectivity index (χ1n) is 5.94. The van der Waals surface area contributed by atoms with Gasteiger partial charge in [0, 0.05) is 17.8 Å². The van der Waals surface area contributed by atoms with Crippen LogP contribution in [0.4, 0.5) is 0 Å². The molecule has 0 unspecified atom stereocenters. The summed E-state index contributed by atoms with van der Waals surface area (Å²) in [5, 5.41) is 7.73. The van der Waals surface area contributed by atoms with Crippen molar-refractivity contribution >= 4 is 0 Å². The molecular formula is C13H19N3O. The fourth-order valence-corrected chi connectivity index (χ4v) is 1.69. The van der Waals surface area contributed by atoms with Gasteiger partial charge >= 0.3 is 0 Å². The molecule has 1 N–H and O–H groups in total. The monoisotopic (exact) mass is 233 g/mol. The van der Waals surface area contributed by atoms with Crippen LogP contribution in [0.2, 0.25) is 0 Å². The van der Waals surface area contributed by atoms with Crippen LogP contribution in [-0.2, 0) is 13.1 Å². The number of aromatic nitrogens is 2. The van der Waals surface area contributed by atoms with Crippen molar-refractivity contribution in [1.29, 1.82) is 0 Å². The standard InChI is InChI=1S/C13H19N3O/c1-10(2)14-8-13-12(5-7-17-13)9-16-6-4-11(3)15-16/h4-7,10,14H,8-9H2,1-3H3. The molecule has 0 aliphatic heterocycles. The van der Waals surface area contributed by atoms with E-state index in [2.05, 4.69) is 24.3 Å². The number of rotatable bonds is 5. The molecule has 0 fully saturated rings.